The Hall–Kier alpha value is -2.47. The van der Waals surface area contributed by atoms with Gasteiger partial charge >= 0.3 is 0 Å². The molecule has 2 fully saturated rings. The molecule has 0 unspecified atom stereocenters. The van der Waals surface area contributed by atoms with Crippen molar-refractivity contribution in [3.8, 4) is 0 Å². The van der Waals surface area contributed by atoms with Crippen LogP contribution < -0.4 is 0 Å². The summed E-state index contributed by atoms with van der Waals surface area (Å²) >= 11 is 0. The predicted molar refractivity (Wildman–Crippen MR) is 89.5 cm³/mol. The summed E-state index contributed by atoms with van der Waals surface area (Å²) in [6.07, 6.45) is 2.42. The third kappa shape index (κ3) is 3.49. The summed E-state index contributed by atoms with van der Waals surface area (Å²) in [7, 11) is 0. The van der Waals surface area contributed by atoms with E-state index in [4.69, 9.17) is 9.26 Å². The first kappa shape index (κ1) is 16.0. The van der Waals surface area contributed by atoms with E-state index in [1.807, 2.05) is 18.2 Å². The van der Waals surface area contributed by atoms with Crippen LogP contribution in [0.2, 0.25) is 0 Å². The number of carbonyl (C=O) groups is 2. The van der Waals surface area contributed by atoms with E-state index in [0.717, 1.165) is 18.6 Å². The largest absolute Gasteiger partial charge is 0.377 e. The molecule has 1 saturated carbocycles. The first-order valence-electron chi connectivity index (χ1n) is 8.66. The van der Waals surface area contributed by atoms with Crippen molar-refractivity contribution in [1.82, 2.24) is 10.1 Å². The smallest absolute Gasteiger partial charge is 0.276 e. The fraction of sp³-hybridized carbons (Fsp3) is 0.421. The molecule has 130 valence electrons. The van der Waals surface area contributed by atoms with Crippen molar-refractivity contribution >= 4 is 11.7 Å². The maximum atomic E-state index is 12.8. The van der Waals surface area contributed by atoms with Crippen molar-refractivity contribution in [2.24, 2.45) is 0 Å². The van der Waals surface area contributed by atoms with Crippen LogP contribution in [0, 0.1) is 0 Å². The van der Waals surface area contributed by atoms with E-state index in [-0.39, 0.29) is 24.2 Å². The van der Waals surface area contributed by atoms with E-state index in [9.17, 15) is 9.59 Å². The number of hydrogen-bond donors (Lipinski definition) is 0. The Morgan fingerprint density at radius 3 is 2.76 bits per heavy atom. The number of Topliss-reactive ketones (excluding diaryl/α,β-unsaturated/α-hetero) is 1. The number of morpholine rings is 1. The standard InChI is InChI=1S/C19H20N2O4/c22-17(13-4-2-1-3-5-13)10-15-12-24-9-8-21(15)19(23)16-11-18(25-20-16)14-6-7-14/h1-5,11,14-15H,6-10,12H2/t15-/m0/s1. The number of hydrogen-bond acceptors (Lipinski definition) is 5. The van der Waals surface area contributed by atoms with Gasteiger partial charge in [0.15, 0.2) is 11.5 Å². The molecule has 0 spiro atoms. The summed E-state index contributed by atoms with van der Waals surface area (Å²) in [6.45, 7) is 1.28. The average molecular weight is 340 g/mol. The second-order valence-corrected chi connectivity index (χ2v) is 6.61. The number of ketones is 1. The van der Waals surface area contributed by atoms with Gasteiger partial charge in [0, 0.05) is 30.5 Å². The Labute approximate surface area is 145 Å². The molecule has 2 heterocycles. The molecule has 0 N–H and O–H groups in total. The quantitative estimate of drug-likeness (QED) is 0.783. The van der Waals surface area contributed by atoms with Crippen molar-refractivity contribution in [3.05, 3.63) is 53.4 Å². The van der Waals surface area contributed by atoms with Crippen LogP contribution in [0.1, 0.15) is 51.8 Å². The number of aromatic nitrogens is 1. The van der Waals surface area contributed by atoms with E-state index >= 15 is 0 Å². The third-order valence-corrected chi connectivity index (χ3v) is 4.73. The Morgan fingerprint density at radius 2 is 2.00 bits per heavy atom. The molecule has 1 aliphatic heterocycles. The molecule has 6 nitrogen and oxygen atoms in total. The molecule has 1 aromatic carbocycles. The Morgan fingerprint density at radius 1 is 1.20 bits per heavy atom. The molecule has 2 aliphatic rings. The topological polar surface area (TPSA) is 72.6 Å². The number of ether oxygens (including phenoxy) is 1. The zero-order valence-corrected chi connectivity index (χ0v) is 13.9. The lowest BCUT2D eigenvalue weighted by Gasteiger charge is -2.34. The summed E-state index contributed by atoms with van der Waals surface area (Å²) in [4.78, 5) is 27.0. The first-order valence-corrected chi connectivity index (χ1v) is 8.66. The minimum absolute atomic E-state index is 0.00715. The lowest BCUT2D eigenvalue weighted by molar-refractivity contribution is -0.00329. The van der Waals surface area contributed by atoms with Crippen LogP contribution in [-0.2, 0) is 4.74 Å². The van der Waals surface area contributed by atoms with Gasteiger partial charge < -0.3 is 14.2 Å². The molecule has 4 rings (SSSR count). The highest BCUT2D eigenvalue weighted by Gasteiger charge is 2.33. The summed E-state index contributed by atoms with van der Waals surface area (Å²) in [5.41, 5.74) is 0.971. The summed E-state index contributed by atoms with van der Waals surface area (Å²) in [5.74, 6) is 1.01. The van der Waals surface area contributed by atoms with Gasteiger partial charge in [-0.05, 0) is 12.8 Å². The normalized spacial score (nSPS) is 20.5. The molecule has 0 radical (unpaired) electrons. The van der Waals surface area contributed by atoms with Crippen LogP contribution in [0.15, 0.2) is 40.9 Å². The fourth-order valence-electron chi connectivity index (χ4n) is 3.14. The Balaban J connectivity index is 1.48. The molecule has 1 saturated heterocycles. The van der Waals surface area contributed by atoms with Crippen LogP contribution in [0.5, 0.6) is 0 Å². The van der Waals surface area contributed by atoms with Crippen molar-refractivity contribution in [1.29, 1.82) is 0 Å². The molecule has 2 aromatic rings. The summed E-state index contributed by atoms with van der Waals surface area (Å²) in [5, 5.41) is 3.93. The predicted octanol–water partition coefficient (Wildman–Crippen LogP) is 2.67. The number of carbonyl (C=O) groups excluding carboxylic acids is 2. The second kappa shape index (κ2) is 6.80. The monoisotopic (exact) mass is 340 g/mol. The Kier molecular flexibility index (Phi) is 4.36. The lowest BCUT2D eigenvalue weighted by Crippen LogP contribution is -2.49. The minimum Gasteiger partial charge on any atom is -0.377 e. The average Bonchev–Trinajstić information content (AvgIpc) is 3.39. The number of benzene rings is 1. The molecule has 1 amide bonds. The minimum atomic E-state index is -0.282. The highest BCUT2D eigenvalue weighted by molar-refractivity contribution is 5.97. The highest BCUT2D eigenvalue weighted by Crippen LogP contribution is 2.40. The molecule has 1 atom stereocenters. The molecule has 0 bridgehead atoms. The number of amides is 1. The van der Waals surface area contributed by atoms with Crippen molar-refractivity contribution in [3.63, 3.8) is 0 Å². The summed E-state index contributed by atoms with van der Waals surface area (Å²) < 4.78 is 10.8. The van der Waals surface area contributed by atoms with Crippen LogP contribution in [0.4, 0.5) is 0 Å². The van der Waals surface area contributed by atoms with Gasteiger partial charge in [0.2, 0.25) is 0 Å². The molecular formula is C19H20N2O4. The van der Waals surface area contributed by atoms with E-state index < -0.39 is 0 Å². The van der Waals surface area contributed by atoms with E-state index in [0.29, 0.717) is 36.9 Å². The van der Waals surface area contributed by atoms with Crippen LogP contribution >= 0.6 is 0 Å². The van der Waals surface area contributed by atoms with Crippen molar-refractivity contribution in [2.75, 3.05) is 19.8 Å². The van der Waals surface area contributed by atoms with Gasteiger partial charge in [-0.3, -0.25) is 9.59 Å². The van der Waals surface area contributed by atoms with Crippen LogP contribution in [0.3, 0.4) is 0 Å². The van der Waals surface area contributed by atoms with Gasteiger partial charge in [0.1, 0.15) is 5.76 Å². The highest BCUT2D eigenvalue weighted by atomic mass is 16.5. The zero-order valence-electron chi connectivity index (χ0n) is 13.9. The van der Waals surface area contributed by atoms with Gasteiger partial charge in [0.25, 0.3) is 5.91 Å². The molecule has 6 heteroatoms. The molecule has 25 heavy (non-hydrogen) atoms. The van der Waals surface area contributed by atoms with Gasteiger partial charge in [-0.2, -0.15) is 0 Å². The maximum Gasteiger partial charge on any atom is 0.276 e. The second-order valence-electron chi connectivity index (χ2n) is 6.61. The SMILES string of the molecule is O=C(C[C@H]1COCCN1C(=O)c1cc(C2CC2)on1)c1ccccc1. The van der Waals surface area contributed by atoms with Gasteiger partial charge in [-0.15, -0.1) is 0 Å². The van der Waals surface area contributed by atoms with E-state index in [1.54, 1.807) is 23.1 Å². The molecule has 1 aliphatic carbocycles. The van der Waals surface area contributed by atoms with Crippen LogP contribution in [0.25, 0.3) is 0 Å². The maximum absolute atomic E-state index is 12.8. The lowest BCUT2D eigenvalue weighted by atomic mass is 10.0. The summed E-state index contributed by atoms with van der Waals surface area (Å²) in [6, 6.07) is 10.6. The van der Waals surface area contributed by atoms with Gasteiger partial charge in [-0.1, -0.05) is 35.5 Å². The number of nitrogens with zero attached hydrogens (tertiary/aromatic N) is 2. The van der Waals surface area contributed by atoms with Crippen LogP contribution in [-0.4, -0.2) is 47.5 Å². The fourth-order valence-corrected chi connectivity index (χ4v) is 3.14. The van der Waals surface area contributed by atoms with Gasteiger partial charge in [-0.25, -0.2) is 0 Å². The molecular weight excluding hydrogens is 320 g/mol. The van der Waals surface area contributed by atoms with E-state index in [2.05, 4.69) is 5.16 Å². The van der Waals surface area contributed by atoms with Crippen molar-refractivity contribution in [2.45, 2.75) is 31.2 Å². The number of rotatable bonds is 5. The molecule has 1 aromatic heterocycles. The Bertz CT molecular complexity index is 767. The first-order chi connectivity index (χ1) is 12.2. The van der Waals surface area contributed by atoms with E-state index in [1.165, 1.54) is 0 Å². The van der Waals surface area contributed by atoms with Crippen molar-refractivity contribution < 1.29 is 18.8 Å². The third-order valence-electron chi connectivity index (χ3n) is 4.73. The zero-order chi connectivity index (χ0) is 17.2. The van der Waals surface area contributed by atoms with Gasteiger partial charge in [0.05, 0.1) is 19.3 Å².